The largest absolute Gasteiger partial charge is 0.497 e. The Labute approximate surface area is 251 Å². The average molecular weight is 592 g/mol. The third-order valence-electron chi connectivity index (χ3n) is 6.48. The molecule has 0 atom stereocenters. The number of nitrogens with one attached hydrogen (secondary N) is 2. The molecule has 2 N–H and O–H groups in total. The fraction of sp³-hybridized carbons (Fsp3) is 0.0909. The van der Waals surface area contributed by atoms with Gasteiger partial charge in [0.15, 0.2) is 12.4 Å². The number of ether oxygens (including phenoxy) is 3. The molecule has 0 bridgehead atoms. The molecule has 0 unspecified atom stereocenters. The summed E-state index contributed by atoms with van der Waals surface area (Å²) in [4.78, 5) is 38.2. The monoisotopic (exact) mass is 591 g/mol. The van der Waals surface area contributed by atoms with Crippen molar-refractivity contribution in [3.05, 3.63) is 108 Å². The Balaban J connectivity index is 1.36. The summed E-state index contributed by atoms with van der Waals surface area (Å²) in [5, 5.41) is 15.3. The highest BCUT2D eigenvalue weighted by Gasteiger charge is 2.25. The van der Waals surface area contributed by atoms with Gasteiger partial charge in [0.2, 0.25) is 5.88 Å². The van der Waals surface area contributed by atoms with E-state index in [0.29, 0.717) is 33.9 Å². The predicted molar refractivity (Wildman–Crippen MR) is 159 cm³/mol. The second-order valence-corrected chi connectivity index (χ2v) is 9.18. The topological polar surface area (TPSA) is 153 Å². The number of nitriles is 1. The van der Waals surface area contributed by atoms with Crippen molar-refractivity contribution in [3.63, 3.8) is 0 Å². The molecule has 11 nitrogen and oxygen atoms in total. The molecule has 0 radical (unpaired) electrons. The van der Waals surface area contributed by atoms with Crippen molar-refractivity contribution in [1.82, 2.24) is 0 Å². The number of carbonyl (C=O) groups excluding carboxylic acids is 3. The van der Waals surface area contributed by atoms with Gasteiger partial charge in [0.1, 0.15) is 28.9 Å². The molecule has 0 aliphatic carbocycles. The van der Waals surface area contributed by atoms with Crippen LogP contribution in [0.1, 0.15) is 26.5 Å². The maximum absolute atomic E-state index is 12.9. The van der Waals surface area contributed by atoms with E-state index < -0.39 is 24.4 Å². The Morgan fingerprint density at radius 2 is 1.48 bits per heavy atom. The number of hydrogen-bond acceptors (Lipinski definition) is 9. The number of furan rings is 2. The molecule has 2 aromatic heterocycles. The number of anilines is 2. The van der Waals surface area contributed by atoms with Crippen LogP contribution in [0.25, 0.3) is 22.5 Å². The van der Waals surface area contributed by atoms with Crippen LogP contribution >= 0.6 is 0 Å². The van der Waals surface area contributed by atoms with Gasteiger partial charge in [0.25, 0.3) is 11.8 Å². The van der Waals surface area contributed by atoms with Gasteiger partial charge in [-0.2, -0.15) is 5.26 Å². The SMILES string of the molecule is COc1ccc(-c2oc(NC(=O)COC(=O)c3ccccc3NC(=O)c3ccco3)c(C#N)c2-c2ccc(OC)cc2)cc1. The van der Waals surface area contributed by atoms with Crippen LogP contribution in [-0.4, -0.2) is 38.6 Å². The molecule has 0 fully saturated rings. The first-order valence-corrected chi connectivity index (χ1v) is 13.2. The zero-order valence-corrected chi connectivity index (χ0v) is 23.6. The van der Waals surface area contributed by atoms with Crippen molar-refractivity contribution in [3.8, 4) is 40.0 Å². The summed E-state index contributed by atoms with van der Waals surface area (Å²) in [5.74, 6) is -0.628. The van der Waals surface area contributed by atoms with Crippen LogP contribution in [0.5, 0.6) is 11.5 Å². The van der Waals surface area contributed by atoms with E-state index in [-0.39, 0.29) is 28.5 Å². The summed E-state index contributed by atoms with van der Waals surface area (Å²) in [6.45, 7) is -0.694. The Morgan fingerprint density at radius 1 is 0.818 bits per heavy atom. The van der Waals surface area contributed by atoms with Gasteiger partial charge in [-0.25, -0.2) is 4.79 Å². The Bertz CT molecular complexity index is 1830. The lowest BCUT2D eigenvalue weighted by Crippen LogP contribution is -2.22. The molecule has 5 rings (SSSR count). The van der Waals surface area contributed by atoms with Crippen LogP contribution in [-0.2, 0) is 9.53 Å². The zero-order valence-electron chi connectivity index (χ0n) is 23.6. The molecular formula is C33H25N3O8. The molecule has 2 amide bonds. The van der Waals surface area contributed by atoms with Gasteiger partial charge in [-0.1, -0.05) is 24.3 Å². The molecule has 2 heterocycles. The van der Waals surface area contributed by atoms with Crippen LogP contribution in [0, 0.1) is 11.3 Å². The molecular weight excluding hydrogens is 566 g/mol. The minimum Gasteiger partial charge on any atom is -0.497 e. The lowest BCUT2D eigenvalue weighted by molar-refractivity contribution is -0.119. The highest BCUT2D eigenvalue weighted by atomic mass is 16.5. The summed E-state index contributed by atoms with van der Waals surface area (Å²) >= 11 is 0. The lowest BCUT2D eigenvalue weighted by atomic mass is 9.98. The Hall–Kier alpha value is -6.28. The summed E-state index contributed by atoms with van der Waals surface area (Å²) in [7, 11) is 3.10. The lowest BCUT2D eigenvalue weighted by Gasteiger charge is -2.10. The smallest absolute Gasteiger partial charge is 0.340 e. The fourth-order valence-electron chi connectivity index (χ4n) is 4.34. The van der Waals surface area contributed by atoms with E-state index in [0.717, 1.165) is 0 Å². The van der Waals surface area contributed by atoms with Crippen LogP contribution in [0.15, 0.2) is 100 Å². The second-order valence-electron chi connectivity index (χ2n) is 9.18. The van der Waals surface area contributed by atoms with Crippen molar-refractivity contribution < 1.29 is 37.4 Å². The van der Waals surface area contributed by atoms with Crippen molar-refractivity contribution in [2.75, 3.05) is 31.5 Å². The number of esters is 1. The molecule has 0 aliphatic rings. The standard InChI is InChI=1S/C33H25N3O8/c1-40-22-13-9-20(10-14-22)29-25(18-34)32(44-30(29)21-11-15-23(41-2)16-12-21)36-28(37)19-43-33(39)24-6-3-4-7-26(24)35-31(38)27-8-5-17-42-27/h3-17H,19H2,1-2H3,(H,35,38)(H,36,37). The van der Waals surface area contributed by atoms with Crippen LogP contribution in [0.3, 0.4) is 0 Å². The van der Waals surface area contributed by atoms with Gasteiger partial charge in [0, 0.05) is 11.1 Å². The number of para-hydroxylation sites is 1. The first-order valence-electron chi connectivity index (χ1n) is 13.2. The van der Waals surface area contributed by atoms with Crippen molar-refractivity contribution in [2.45, 2.75) is 0 Å². The van der Waals surface area contributed by atoms with Gasteiger partial charge < -0.3 is 28.4 Å². The third-order valence-corrected chi connectivity index (χ3v) is 6.48. The van der Waals surface area contributed by atoms with Gasteiger partial charge in [0.05, 0.1) is 31.7 Å². The molecule has 11 heteroatoms. The molecule has 5 aromatic rings. The number of nitrogens with zero attached hydrogens (tertiary/aromatic N) is 1. The normalized spacial score (nSPS) is 10.4. The number of rotatable bonds is 10. The quantitative estimate of drug-likeness (QED) is 0.182. The van der Waals surface area contributed by atoms with Crippen LogP contribution in [0.4, 0.5) is 11.6 Å². The van der Waals surface area contributed by atoms with Gasteiger partial charge in [-0.3, -0.25) is 14.9 Å². The van der Waals surface area contributed by atoms with E-state index in [1.807, 2.05) is 0 Å². The first-order chi connectivity index (χ1) is 21.4. The van der Waals surface area contributed by atoms with Gasteiger partial charge in [-0.15, -0.1) is 0 Å². The number of methoxy groups -OCH3 is 2. The van der Waals surface area contributed by atoms with E-state index >= 15 is 0 Å². The molecule has 0 saturated heterocycles. The number of amides is 2. The fourth-order valence-corrected chi connectivity index (χ4v) is 4.34. The Morgan fingerprint density at radius 3 is 2.09 bits per heavy atom. The minimum absolute atomic E-state index is 0.0273. The Kier molecular flexibility index (Phi) is 8.72. The zero-order chi connectivity index (χ0) is 31.1. The van der Waals surface area contributed by atoms with Gasteiger partial charge >= 0.3 is 5.97 Å². The summed E-state index contributed by atoms with van der Waals surface area (Å²) in [6.07, 6.45) is 1.35. The molecule has 3 aromatic carbocycles. The van der Waals surface area contributed by atoms with Crippen molar-refractivity contribution >= 4 is 29.4 Å². The molecule has 0 spiro atoms. The first kappa shape index (κ1) is 29.2. The van der Waals surface area contributed by atoms with E-state index in [2.05, 4.69) is 16.7 Å². The highest BCUT2D eigenvalue weighted by molar-refractivity contribution is 6.07. The van der Waals surface area contributed by atoms with Crippen molar-refractivity contribution in [2.24, 2.45) is 0 Å². The maximum Gasteiger partial charge on any atom is 0.340 e. The average Bonchev–Trinajstić information content (AvgIpc) is 3.73. The summed E-state index contributed by atoms with van der Waals surface area (Å²) < 4.78 is 26.9. The van der Waals surface area contributed by atoms with E-state index in [1.54, 1.807) is 80.9 Å². The molecule has 44 heavy (non-hydrogen) atoms. The maximum atomic E-state index is 12.9. The number of benzene rings is 3. The van der Waals surface area contributed by atoms with Crippen molar-refractivity contribution in [1.29, 1.82) is 5.26 Å². The summed E-state index contributed by atoms with van der Waals surface area (Å²) in [5.41, 5.74) is 2.01. The third kappa shape index (κ3) is 6.29. The number of hydrogen-bond donors (Lipinski definition) is 2. The van der Waals surface area contributed by atoms with Gasteiger partial charge in [-0.05, 0) is 66.2 Å². The molecule has 0 saturated carbocycles. The molecule has 220 valence electrons. The highest BCUT2D eigenvalue weighted by Crippen LogP contribution is 2.42. The van der Waals surface area contributed by atoms with Crippen LogP contribution in [0.2, 0.25) is 0 Å². The van der Waals surface area contributed by atoms with E-state index in [4.69, 9.17) is 23.0 Å². The van der Waals surface area contributed by atoms with E-state index in [9.17, 15) is 19.6 Å². The number of carbonyl (C=O) groups is 3. The second kappa shape index (κ2) is 13.1. The van der Waals surface area contributed by atoms with Crippen LogP contribution < -0.4 is 20.1 Å². The minimum atomic E-state index is -0.853. The molecule has 0 aliphatic heterocycles. The predicted octanol–water partition coefficient (Wildman–Crippen LogP) is 6.14. The van der Waals surface area contributed by atoms with E-state index in [1.165, 1.54) is 24.5 Å². The summed E-state index contributed by atoms with van der Waals surface area (Å²) in [6, 6.07) is 25.4.